The van der Waals surface area contributed by atoms with Gasteiger partial charge in [-0.25, -0.2) is 0 Å². The molecule has 0 radical (unpaired) electrons. The Bertz CT molecular complexity index is 45.5. The number of hydrogen-bond acceptors (Lipinski definition) is 3. The van der Waals surface area contributed by atoms with Crippen LogP contribution >= 0.6 is 0 Å². The summed E-state index contributed by atoms with van der Waals surface area (Å²) < 4.78 is 0. The van der Waals surface area contributed by atoms with E-state index in [2.05, 4.69) is 5.32 Å². The second-order valence-corrected chi connectivity index (χ2v) is 1.94. The molecule has 0 unspecified atom stereocenters. The zero-order valence-electron chi connectivity index (χ0n) is 7.10. The minimum absolute atomic E-state index is 0. The first-order valence-corrected chi connectivity index (χ1v) is 3.31. The van der Waals surface area contributed by atoms with Gasteiger partial charge in [0.15, 0.2) is 7.69 Å². The Morgan fingerprint density at radius 3 is 1.64 bits per heavy atom. The second kappa shape index (κ2) is 17.6. The summed E-state index contributed by atoms with van der Waals surface area (Å²) in [5.41, 5.74) is 0. The van der Waals surface area contributed by atoms with Crippen LogP contribution in [0.4, 0.5) is 0 Å². The second-order valence-electron chi connectivity index (χ2n) is 1.94. The van der Waals surface area contributed by atoms with E-state index in [9.17, 15) is 0 Å². The Kier molecular flexibility index (Phi) is 29.3. The Balaban J connectivity index is -0.000000116. The monoisotopic (exact) mass is 187 g/mol. The minimum Gasteiger partial charge on any atom is -0.859 e. The molecule has 1 rings (SSSR count). The fraction of sp³-hybridized carbons (Fsp3) is 1.00. The average Bonchev–Trinajstić information content (AvgIpc) is 1.93. The SMILES string of the molecule is C1CCNCC1.O.[K+].[O-]BO. The van der Waals surface area contributed by atoms with Crippen molar-refractivity contribution in [3.63, 3.8) is 0 Å². The van der Waals surface area contributed by atoms with Gasteiger partial charge in [0.25, 0.3) is 0 Å². The van der Waals surface area contributed by atoms with Crippen LogP contribution in [0, 0.1) is 0 Å². The van der Waals surface area contributed by atoms with Crippen LogP contribution in [0.2, 0.25) is 0 Å². The molecule has 0 aromatic carbocycles. The first-order chi connectivity index (χ1) is 4.41. The third-order valence-corrected chi connectivity index (χ3v) is 1.21. The molecule has 4 nitrogen and oxygen atoms in total. The van der Waals surface area contributed by atoms with Crippen molar-refractivity contribution < 1.29 is 66.9 Å². The molecule has 4 N–H and O–H groups in total. The summed E-state index contributed by atoms with van der Waals surface area (Å²) >= 11 is 0. The summed E-state index contributed by atoms with van der Waals surface area (Å²) in [6, 6.07) is 0. The molecule has 1 aliphatic heterocycles. The summed E-state index contributed by atoms with van der Waals surface area (Å²) in [7, 11) is -1.00. The smallest absolute Gasteiger partial charge is 0.859 e. The zero-order chi connectivity index (χ0) is 6.95. The summed E-state index contributed by atoms with van der Waals surface area (Å²) in [5.74, 6) is 0. The molecule has 0 aliphatic carbocycles. The third kappa shape index (κ3) is 18.5. The minimum atomic E-state index is -1.00. The molecule has 1 saturated heterocycles. The van der Waals surface area contributed by atoms with Crippen molar-refractivity contribution in [2.45, 2.75) is 19.3 Å². The Labute approximate surface area is 111 Å². The van der Waals surface area contributed by atoms with E-state index in [0.29, 0.717) is 0 Å². The predicted octanol–water partition coefficient (Wildman–Crippen LogP) is -5.46. The van der Waals surface area contributed by atoms with Gasteiger partial charge in [0.05, 0.1) is 0 Å². The van der Waals surface area contributed by atoms with E-state index in [0.717, 1.165) is 0 Å². The Morgan fingerprint density at radius 2 is 1.55 bits per heavy atom. The number of hydrogen-bond donors (Lipinski definition) is 2. The molecule has 1 fully saturated rings. The molecule has 0 aromatic rings. The molecule has 6 heteroatoms. The van der Waals surface area contributed by atoms with Gasteiger partial charge in [0.1, 0.15) is 0 Å². The molecule has 1 heterocycles. The van der Waals surface area contributed by atoms with Crippen LogP contribution in [0.15, 0.2) is 0 Å². The molecule has 0 amide bonds. The fourth-order valence-corrected chi connectivity index (χ4v) is 0.802. The van der Waals surface area contributed by atoms with Gasteiger partial charge in [0.2, 0.25) is 0 Å². The molecule has 11 heavy (non-hydrogen) atoms. The molecule has 62 valence electrons. The Morgan fingerprint density at radius 1 is 1.18 bits per heavy atom. The standard InChI is InChI=1S/C5H11N.BH2O2.K.H2O/c1-2-4-6-5-3-1;2-1-3;;/h6H,1-5H2;1-2H;;1H2/q;-1;+1;. The van der Waals surface area contributed by atoms with E-state index in [1.807, 2.05) is 0 Å². The van der Waals surface area contributed by atoms with Crippen molar-refractivity contribution in [1.29, 1.82) is 0 Å². The largest absolute Gasteiger partial charge is 1.00 e. The van der Waals surface area contributed by atoms with Crippen molar-refractivity contribution in [3.05, 3.63) is 0 Å². The maximum Gasteiger partial charge on any atom is 1.00 e. The average molecular weight is 187 g/mol. The fourth-order valence-electron chi connectivity index (χ4n) is 0.802. The van der Waals surface area contributed by atoms with Crippen molar-refractivity contribution >= 4 is 7.69 Å². The van der Waals surface area contributed by atoms with Gasteiger partial charge in [-0.2, -0.15) is 0 Å². The van der Waals surface area contributed by atoms with Gasteiger partial charge in [-0.3, -0.25) is 0 Å². The molecule has 1 aliphatic rings. The topological polar surface area (TPSA) is 86.8 Å². The van der Waals surface area contributed by atoms with Crippen LogP contribution in [-0.2, 0) is 0 Å². The third-order valence-electron chi connectivity index (χ3n) is 1.21. The van der Waals surface area contributed by atoms with Crippen LogP contribution in [0.3, 0.4) is 0 Å². The van der Waals surface area contributed by atoms with E-state index in [1.165, 1.54) is 32.4 Å². The van der Waals surface area contributed by atoms with Crippen molar-refractivity contribution in [2.75, 3.05) is 13.1 Å². The van der Waals surface area contributed by atoms with Crippen LogP contribution in [0.5, 0.6) is 0 Å². The van der Waals surface area contributed by atoms with E-state index < -0.39 is 7.69 Å². The number of piperidine rings is 1. The van der Waals surface area contributed by atoms with Crippen LogP contribution in [0.1, 0.15) is 19.3 Å². The first kappa shape index (κ1) is 18.4. The van der Waals surface area contributed by atoms with Crippen molar-refractivity contribution in [2.24, 2.45) is 0 Å². The van der Waals surface area contributed by atoms with Crippen molar-refractivity contribution in [1.82, 2.24) is 5.32 Å². The summed E-state index contributed by atoms with van der Waals surface area (Å²) in [6.45, 7) is 2.50. The van der Waals surface area contributed by atoms with Gasteiger partial charge in [-0.05, 0) is 25.9 Å². The van der Waals surface area contributed by atoms with E-state index in [4.69, 9.17) is 10.0 Å². The molecule has 0 atom stereocenters. The van der Waals surface area contributed by atoms with Gasteiger partial charge < -0.3 is 20.8 Å². The predicted molar refractivity (Wildman–Crippen MR) is 39.7 cm³/mol. The van der Waals surface area contributed by atoms with Crippen LogP contribution in [0.25, 0.3) is 0 Å². The van der Waals surface area contributed by atoms with E-state index in [-0.39, 0.29) is 56.9 Å². The molecule has 0 spiro atoms. The number of nitrogens with one attached hydrogen (secondary N) is 1. The quantitative estimate of drug-likeness (QED) is 0.371. The molecule has 0 bridgehead atoms. The van der Waals surface area contributed by atoms with Crippen molar-refractivity contribution in [3.8, 4) is 0 Å². The molecular weight excluding hydrogens is 172 g/mol. The summed E-state index contributed by atoms with van der Waals surface area (Å²) in [5, 5.41) is 18.8. The maximum absolute atomic E-state index is 8.49. The van der Waals surface area contributed by atoms with Gasteiger partial charge >= 0.3 is 51.4 Å². The van der Waals surface area contributed by atoms with Gasteiger partial charge in [0, 0.05) is 0 Å². The van der Waals surface area contributed by atoms with Crippen LogP contribution in [-0.4, -0.2) is 31.3 Å². The number of rotatable bonds is 0. The first-order valence-electron chi connectivity index (χ1n) is 3.31. The summed E-state index contributed by atoms with van der Waals surface area (Å²) in [4.78, 5) is 0. The van der Waals surface area contributed by atoms with Crippen LogP contribution < -0.4 is 61.7 Å². The summed E-state index contributed by atoms with van der Waals surface area (Å²) in [6.07, 6.45) is 4.22. The van der Waals surface area contributed by atoms with Gasteiger partial charge in [-0.15, -0.1) is 0 Å². The van der Waals surface area contributed by atoms with E-state index >= 15 is 0 Å². The molecular formula is C5H15BKNO3. The van der Waals surface area contributed by atoms with E-state index in [1.54, 1.807) is 0 Å². The normalized spacial score (nSPS) is 14.4. The Hall–Kier alpha value is 1.54. The van der Waals surface area contributed by atoms with Gasteiger partial charge in [-0.1, -0.05) is 6.42 Å². The maximum atomic E-state index is 8.49. The molecule has 0 saturated carbocycles. The zero-order valence-corrected chi connectivity index (χ0v) is 10.2. The molecule has 0 aromatic heterocycles.